The predicted octanol–water partition coefficient (Wildman–Crippen LogP) is 3.03. The molecule has 0 saturated heterocycles. The number of nitrogens with two attached hydrogens (primary N) is 1. The van der Waals surface area contributed by atoms with E-state index in [9.17, 15) is 4.79 Å². The van der Waals surface area contributed by atoms with Gasteiger partial charge >= 0.3 is 5.97 Å². The Kier molecular flexibility index (Phi) is 6.65. The van der Waals surface area contributed by atoms with Crippen molar-refractivity contribution in [1.82, 2.24) is 0 Å². The van der Waals surface area contributed by atoms with Gasteiger partial charge < -0.3 is 10.8 Å². The highest BCUT2D eigenvalue weighted by Crippen LogP contribution is 2.24. The minimum absolute atomic E-state index is 0.435. The Morgan fingerprint density at radius 1 is 1.38 bits per heavy atom. The summed E-state index contributed by atoms with van der Waals surface area (Å²) in [6.45, 7) is 8.15. The molecule has 16 heavy (non-hydrogen) atoms. The van der Waals surface area contributed by atoms with E-state index < -0.39 is 11.5 Å². The topological polar surface area (TPSA) is 63.3 Å². The maximum absolute atomic E-state index is 10.9. The van der Waals surface area contributed by atoms with Gasteiger partial charge in [-0.25, -0.2) is 0 Å². The molecule has 3 heteroatoms. The number of carboxylic acids is 1. The molecule has 96 valence electrons. The fourth-order valence-corrected chi connectivity index (χ4v) is 1.95. The second kappa shape index (κ2) is 6.89. The summed E-state index contributed by atoms with van der Waals surface area (Å²) in [6, 6.07) is 0. The highest BCUT2D eigenvalue weighted by molar-refractivity contribution is 5.77. The lowest BCUT2D eigenvalue weighted by atomic mass is 9.85. The number of rotatable bonds is 8. The minimum Gasteiger partial charge on any atom is -0.480 e. The third-order valence-electron chi connectivity index (χ3n) is 3.17. The Morgan fingerprint density at radius 3 is 2.31 bits per heavy atom. The molecule has 0 aliphatic rings. The molecule has 2 unspecified atom stereocenters. The average molecular weight is 229 g/mol. The van der Waals surface area contributed by atoms with Crippen LogP contribution in [0.3, 0.4) is 0 Å². The predicted molar refractivity (Wildman–Crippen MR) is 67.3 cm³/mol. The van der Waals surface area contributed by atoms with Gasteiger partial charge in [0, 0.05) is 0 Å². The third kappa shape index (κ3) is 6.11. The van der Waals surface area contributed by atoms with E-state index in [1.54, 1.807) is 6.92 Å². The molecule has 0 aromatic carbocycles. The molecule has 3 N–H and O–H groups in total. The third-order valence-corrected chi connectivity index (χ3v) is 3.17. The lowest BCUT2D eigenvalue weighted by Gasteiger charge is -2.25. The largest absolute Gasteiger partial charge is 0.480 e. The summed E-state index contributed by atoms with van der Waals surface area (Å²) in [5.41, 5.74) is 4.70. The van der Waals surface area contributed by atoms with Gasteiger partial charge in [-0.1, -0.05) is 46.5 Å². The van der Waals surface area contributed by atoms with E-state index in [0.29, 0.717) is 12.3 Å². The molecule has 0 fully saturated rings. The fourth-order valence-electron chi connectivity index (χ4n) is 1.95. The van der Waals surface area contributed by atoms with Gasteiger partial charge in [0.15, 0.2) is 0 Å². The van der Waals surface area contributed by atoms with Crippen molar-refractivity contribution in [3.05, 3.63) is 0 Å². The summed E-state index contributed by atoms with van der Waals surface area (Å²) in [6.07, 6.45) is 5.07. The molecule has 0 bridgehead atoms. The summed E-state index contributed by atoms with van der Waals surface area (Å²) in [5, 5.41) is 8.97. The van der Waals surface area contributed by atoms with Gasteiger partial charge in [0.25, 0.3) is 0 Å². The van der Waals surface area contributed by atoms with Crippen LogP contribution in [0.4, 0.5) is 0 Å². The molecule has 0 aliphatic carbocycles. The van der Waals surface area contributed by atoms with Crippen LogP contribution in [0.25, 0.3) is 0 Å². The van der Waals surface area contributed by atoms with Crippen LogP contribution in [0, 0.1) is 11.8 Å². The van der Waals surface area contributed by atoms with Crippen molar-refractivity contribution in [2.45, 2.75) is 65.3 Å². The molecule has 0 aromatic rings. The SMILES string of the molecule is CCC(CCCC(C)C)CC(C)(N)C(=O)O. The van der Waals surface area contributed by atoms with Crippen molar-refractivity contribution in [1.29, 1.82) is 0 Å². The van der Waals surface area contributed by atoms with Crippen molar-refractivity contribution in [3.8, 4) is 0 Å². The van der Waals surface area contributed by atoms with E-state index >= 15 is 0 Å². The van der Waals surface area contributed by atoms with Crippen molar-refractivity contribution in [3.63, 3.8) is 0 Å². The second-order valence-corrected chi connectivity index (χ2v) is 5.53. The van der Waals surface area contributed by atoms with Gasteiger partial charge in [0.2, 0.25) is 0 Å². The standard InChI is InChI=1S/C13H27NO2/c1-5-11(8-6-7-10(2)3)9-13(4,14)12(15)16/h10-11H,5-9,14H2,1-4H3,(H,15,16). The van der Waals surface area contributed by atoms with E-state index in [4.69, 9.17) is 10.8 Å². The van der Waals surface area contributed by atoms with Gasteiger partial charge in [0.1, 0.15) is 5.54 Å². The average Bonchev–Trinajstić information content (AvgIpc) is 2.15. The maximum atomic E-state index is 10.9. The molecular formula is C13H27NO2. The van der Waals surface area contributed by atoms with Crippen LogP contribution in [0.5, 0.6) is 0 Å². The molecule has 0 radical (unpaired) electrons. The summed E-state index contributed by atoms with van der Waals surface area (Å²) >= 11 is 0. The zero-order valence-corrected chi connectivity index (χ0v) is 11.1. The van der Waals surface area contributed by atoms with Crippen molar-refractivity contribution >= 4 is 5.97 Å². The Balaban J connectivity index is 4.05. The van der Waals surface area contributed by atoms with Gasteiger partial charge in [-0.3, -0.25) is 4.79 Å². The van der Waals surface area contributed by atoms with Crippen molar-refractivity contribution in [2.75, 3.05) is 0 Å². The highest BCUT2D eigenvalue weighted by atomic mass is 16.4. The van der Waals surface area contributed by atoms with Crippen LogP contribution in [0.15, 0.2) is 0 Å². The molecule has 0 spiro atoms. The molecule has 0 aromatic heterocycles. The molecule has 0 aliphatic heterocycles. The lowest BCUT2D eigenvalue weighted by molar-refractivity contribution is -0.143. The highest BCUT2D eigenvalue weighted by Gasteiger charge is 2.30. The van der Waals surface area contributed by atoms with Crippen LogP contribution < -0.4 is 5.73 Å². The quantitative estimate of drug-likeness (QED) is 0.672. The van der Waals surface area contributed by atoms with E-state index in [0.717, 1.165) is 18.8 Å². The van der Waals surface area contributed by atoms with Crippen LogP contribution in [-0.4, -0.2) is 16.6 Å². The van der Waals surface area contributed by atoms with Crippen LogP contribution in [0.1, 0.15) is 59.8 Å². The molecule has 2 atom stereocenters. The Bertz CT molecular complexity index is 212. The monoisotopic (exact) mass is 229 g/mol. The number of aliphatic carboxylic acids is 1. The normalized spacial score (nSPS) is 17.1. The number of hydrogen-bond donors (Lipinski definition) is 2. The zero-order chi connectivity index (χ0) is 12.8. The number of hydrogen-bond acceptors (Lipinski definition) is 2. The first kappa shape index (κ1) is 15.4. The van der Waals surface area contributed by atoms with Crippen LogP contribution in [0.2, 0.25) is 0 Å². The summed E-state index contributed by atoms with van der Waals surface area (Å²) < 4.78 is 0. The summed E-state index contributed by atoms with van der Waals surface area (Å²) in [5.74, 6) is 0.265. The number of carboxylic acid groups (broad SMARTS) is 1. The minimum atomic E-state index is -1.07. The van der Waals surface area contributed by atoms with Crippen LogP contribution >= 0.6 is 0 Å². The zero-order valence-electron chi connectivity index (χ0n) is 11.1. The Labute approximate surface area is 99.4 Å². The van der Waals surface area contributed by atoms with Gasteiger partial charge in [-0.05, 0) is 25.2 Å². The van der Waals surface area contributed by atoms with E-state index in [2.05, 4.69) is 20.8 Å². The van der Waals surface area contributed by atoms with Gasteiger partial charge in [0.05, 0.1) is 0 Å². The molecular weight excluding hydrogens is 202 g/mol. The molecule has 0 saturated carbocycles. The summed E-state index contributed by atoms with van der Waals surface area (Å²) in [7, 11) is 0. The fraction of sp³-hybridized carbons (Fsp3) is 0.923. The maximum Gasteiger partial charge on any atom is 0.323 e. The molecule has 0 amide bonds. The molecule has 3 nitrogen and oxygen atoms in total. The second-order valence-electron chi connectivity index (χ2n) is 5.53. The molecule has 0 rings (SSSR count). The van der Waals surface area contributed by atoms with Gasteiger partial charge in [-0.2, -0.15) is 0 Å². The lowest BCUT2D eigenvalue weighted by Crippen LogP contribution is -2.46. The summed E-state index contributed by atoms with van der Waals surface area (Å²) in [4.78, 5) is 10.9. The van der Waals surface area contributed by atoms with E-state index in [1.165, 1.54) is 12.8 Å². The van der Waals surface area contributed by atoms with E-state index in [-0.39, 0.29) is 0 Å². The van der Waals surface area contributed by atoms with Gasteiger partial charge in [-0.15, -0.1) is 0 Å². The van der Waals surface area contributed by atoms with Crippen molar-refractivity contribution in [2.24, 2.45) is 17.6 Å². The van der Waals surface area contributed by atoms with Crippen molar-refractivity contribution < 1.29 is 9.90 Å². The Morgan fingerprint density at radius 2 is 1.94 bits per heavy atom. The first-order chi connectivity index (χ1) is 7.29. The Hall–Kier alpha value is -0.570. The first-order valence-electron chi connectivity index (χ1n) is 6.31. The number of carbonyl (C=O) groups is 1. The first-order valence-corrected chi connectivity index (χ1v) is 6.31. The van der Waals surface area contributed by atoms with Crippen LogP contribution in [-0.2, 0) is 4.79 Å². The smallest absolute Gasteiger partial charge is 0.323 e. The molecule has 0 heterocycles. The van der Waals surface area contributed by atoms with E-state index in [1.807, 2.05) is 0 Å².